The molecule has 0 spiro atoms. The van der Waals surface area contributed by atoms with E-state index < -0.39 is 0 Å². The summed E-state index contributed by atoms with van der Waals surface area (Å²) in [5.74, 6) is 0.436. The van der Waals surface area contributed by atoms with Crippen molar-refractivity contribution in [1.29, 1.82) is 0 Å². The quantitative estimate of drug-likeness (QED) is 0.247. The van der Waals surface area contributed by atoms with Crippen LogP contribution in [0.1, 0.15) is 52.2 Å². The number of likely N-dealkylation sites (tertiary alicyclic amines) is 1. The molecule has 1 aliphatic rings. The average molecular weight is 521 g/mol. The smallest absolute Gasteiger partial charge is 0.252 e. The lowest BCUT2D eigenvalue weighted by Crippen LogP contribution is -2.45. The Morgan fingerprint density at radius 1 is 0.789 bits per heavy atom. The molecule has 5 rings (SSSR count). The Kier molecular flexibility index (Phi) is 8.95. The van der Waals surface area contributed by atoms with Crippen LogP contribution in [0, 0.1) is 6.92 Å². The van der Waals surface area contributed by atoms with Gasteiger partial charge in [-0.3, -0.25) is 4.79 Å². The number of benzene rings is 4. The Hall–Kier alpha value is -3.34. The van der Waals surface area contributed by atoms with Crippen molar-refractivity contribution in [3.8, 4) is 0 Å². The van der Waals surface area contributed by atoms with Crippen molar-refractivity contribution in [2.45, 2.75) is 47.9 Å². The zero-order valence-electron chi connectivity index (χ0n) is 22.1. The Morgan fingerprint density at radius 3 is 1.97 bits per heavy atom. The molecule has 4 aromatic rings. The summed E-state index contributed by atoms with van der Waals surface area (Å²) in [6.07, 6.45) is 3.06. The Labute approximate surface area is 231 Å². The summed E-state index contributed by atoms with van der Waals surface area (Å²) in [6, 6.07) is 38.2. The van der Waals surface area contributed by atoms with Gasteiger partial charge in [0.05, 0.1) is 5.56 Å². The molecule has 0 aromatic heterocycles. The van der Waals surface area contributed by atoms with Crippen molar-refractivity contribution >= 4 is 17.7 Å². The van der Waals surface area contributed by atoms with Gasteiger partial charge in [-0.15, -0.1) is 0 Å². The van der Waals surface area contributed by atoms with Gasteiger partial charge in [0.1, 0.15) is 0 Å². The molecule has 1 heterocycles. The Bertz CT molecular complexity index is 1280. The van der Waals surface area contributed by atoms with E-state index in [1.54, 1.807) is 11.8 Å². The molecule has 0 saturated carbocycles. The van der Waals surface area contributed by atoms with Crippen LogP contribution in [0.15, 0.2) is 119 Å². The topological polar surface area (TPSA) is 32.3 Å². The summed E-state index contributed by atoms with van der Waals surface area (Å²) in [6.45, 7) is 5.20. The number of piperidine rings is 1. The van der Waals surface area contributed by atoms with Crippen LogP contribution < -0.4 is 5.32 Å². The van der Waals surface area contributed by atoms with Crippen molar-refractivity contribution in [2.75, 3.05) is 19.6 Å². The van der Waals surface area contributed by atoms with Gasteiger partial charge in [-0.25, -0.2) is 0 Å². The molecule has 38 heavy (non-hydrogen) atoms. The van der Waals surface area contributed by atoms with E-state index in [-0.39, 0.29) is 11.9 Å². The van der Waals surface area contributed by atoms with Crippen molar-refractivity contribution in [3.63, 3.8) is 0 Å². The van der Waals surface area contributed by atoms with Crippen LogP contribution in [0.4, 0.5) is 0 Å². The maximum absolute atomic E-state index is 13.3. The monoisotopic (exact) mass is 520 g/mol. The number of hydrogen-bond donors (Lipinski definition) is 1. The maximum atomic E-state index is 13.3. The van der Waals surface area contributed by atoms with Gasteiger partial charge in [-0.05, 0) is 67.6 Å². The fourth-order valence-electron chi connectivity index (χ4n) is 5.30. The summed E-state index contributed by atoms with van der Waals surface area (Å²) < 4.78 is 0. The van der Waals surface area contributed by atoms with Gasteiger partial charge < -0.3 is 10.2 Å². The molecule has 0 unspecified atom stereocenters. The predicted octanol–water partition coefficient (Wildman–Crippen LogP) is 7.56. The van der Waals surface area contributed by atoms with Gasteiger partial charge in [0.15, 0.2) is 0 Å². The van der Waals surface area contributed by atoms with Gasteiger partial charge >= 0.3 is 0 Å². The van der Waals surface area contributed by atoms with Gasteiger partial charge in [-0.1, -0.05) is 103 Å². The molecule has 1 fully saturated rings. The molecule has 0 atom stereocenters. The van der Waals surface area contributed by atoms with E-state index in [4.69, 9.17) is 0 Å². The average Bonchev–Trinajstić information content (AvgIpc) is 2.97. The molecule has 3 nitrogen and oxygen atoms in total. The molecule has 1 saturated heterocycles. The highest BCUT2D eigenvalue weighted by Gasteiger charge is 2.23. The molecular weight excluding hydrogens is 484 g/mol. The van der Waals surface area contributed by atoms with Crippen molar-refractivity contribution in [2.24, 2.45) is 0 Å². The largest absolute Gasteiger partial charge is 0.349 e. The van der Waals surface area contributed by atoms with Crippen molar-refractivity contribution in [3.05, 3.63) is 131 Å². The number of carbonyl (C=O) groups is 1. The van der Waals surface area contributed by atoms with Gasteiger partial charge in [0.2, 0.25) is 0 Å². The van der Waals surface area contributed by atoms with Gasteiger partial charge in [0.25, 0.3) is 5.91 Å². The molecule has 0 bridgehead atoms. The van der Waals surface area contributed by atoms with E-state index in [0.717, 1.165) is 49.4 Å². The lowest BCUT2D eigenvalue weighted by atomic mass is 9.88. The van der Waals surface area contributed by atoms with E-state index >= 15 is 0 Å². The van der Waals surface area contributed by atoms with Crippen LogP contribution in [0.3, 0.4) is 0 Å². The first-order valence-electron chi connectivity index (χ1n) is 13.6. The highest BCUT2D eigenvalue weighted by molar-refractivity contribution is 7.99. The lowest BCUT2D eigenvalue weighted by molar-refractivity contribution is 0.0907. The minimum atomic E-state index is 0.0355. The summed E-state index contributed by atoms with van der Waals surface area (Å²) in [7, 11) is 0. The van der Waals surface area contributed by atoms with E-state index in [9.17, 15) is 4.79 Å². The van der Waals surface area contributed by atoms with Crippen LogP contribution in [0.5, 0.6) is 0 Å². The number of nitrogens with one attached hydrogen (secondary N) is 1. The lowest BCUT2D eigenvalue weighted by Gasteiger charge is -2.33. The fourth-order valence-corrected chi connectivity index (χ4v) is 6.33. The number of hydrogen-bond acceptors (Lipinski definition) is 3. The van der Waals surface area contributed by atoms with Gasteiger partial charge in [0, 0.05) is 34.8 Å². The first kappa shape index (κ1) is 26.3. The maximum Gasteiger partial charge on any atom is 0.252 e. The summed E-state index contributed by atoms with van der Waals surface area (Å²) in [5.41, 5.74) is 4.74. The van der Waals surface area contributed by atoms with Crippen LogP contribution in [-0.2, 0) is 0 Å². The SMILES string of the molecule is Cc1ccccc1Sc1ccccc1C(=O)NC1CCN(CCC(c2ccccc2)c2ccccc2)CC1. The fraction of sp³-hybridized carbons (Fsp3) is 0.265. The molecule has 1 N–H and O–H groups in total. The number of carbonyl (C=O) groups excluding carboxylic acids is 1. The molecule has 0 radical (unpaired) electrons. The zero-order chi connectivity index (χ0) is 26.2. The second-order valence-electron chi connectivity index (χ2n) is 10.1. The standard InChI is InChI=1S/C34H36N2OS/c1-26-12-8-10-18-32(26)38-33-19-11-9-17-31(33)34(37)35-29-20-23-36(24-21-29)25-22-30(27-13-4-2-5-14-27)28-15-6-3-7-16-28/h2-19,29-30H,20-25H2,1H3,(H,35,37). The molecule has 1 amide bonds. The second kappa shape index (κ2) is 12.9. The predicted molar refractivity (Wildman–Crippen MR) is 158 cm³/mol. The molecular formula is C34H36N2OS. The second-order valence-corrected chi connectivity index (χ2v) is 11.2. The van der Waals surface area contributed by atoms with E-state index in [1.807, 2.05) is 36.4 Å². The minimum Gasteiger partial charge on any atom is -0.349 e. The van der Waals surface area contributed by atoms with Crippen molar-refractivity contribution < 1.29 is 4.79 Å². The van der Waals surface area contributed by atoms with Crippen LogP contribution in [0.2, 0.25) is 0 Å². The number of rotatable bonds is 9. The molecule has 4 aromatic carbocycles. The Balaban J connectivity index is 1.16. The van der Waals surface area contributed by atoms with E-state index in [0.29, 0.717) is 5.92 Å². The van der Waals surface area contributed by atoms with Crippen LogP contribution in [0.25, 0.3) is 0 Å². The number of amides is 1. The molecule has 194 valence electrons. The minimum absolute atomic E-state index is 0.0355. The zero-order valence-corrected chi connectivity index (χ0v) is 22.9. The number of aryl methyl sites for hydroxylation is 1. The first-order valence-corrected chi connectivity index (χ1v) is 14.4. The van der Waals surface area contributed by atoms with E-state index in [1.165, 1.54) is 21.6 Å². The van der Waals surface area contributed by atoms with Gasteiger partial charge in [-0.2, -0.15) is 0 Å². The molecule has 0 aliphatic carbocycles. The van der Waals surface area contributed by atoms with Crippen LogP contribution >= 0.6 is 11.8 Å². The summed E-state index contributed by atoms with van der Waals surface area (Å²) in [4.78, 5) is 18.0. The molecule has 1 aliphatic heterocycles. The van der Waals surface area contributed by atoms with E-state index in [2.05, 4.69) is 89.9 Å². The number of nitrogens with zero attached hydrogens (tertiary/aromatic N) is 1. The highest BCUT2D eigenvalue weighted by Crippen LogP contribution is 2.33. The third-order valence-electron chi connectivity index (χ3n) is 7.51. The summed E-state index contributed by atoms with van der Waals surface area (Å²) >= 11 is 1.67. The normalized spacial score (nSPS) is 14.5. The van der Waals surface area contributed by atoms with Crippen LogP contribution in [-0.4, -0.2) is 36.5 Å². The third kappa shape index (κ3) is 6.75. The first-order chi connectivity index (χ1) is 18.7. The highest BCUT2D eigenvalue weighted by atomic mass is 32.2. The Morgan fingerprint density at radius 2 is 1.34 bits per heavy atom. The third-order valence-corrected chi connectivity index (χ3v) is 8.76. The molecule has 4 heteroatoms. The summed E-state index contributed by atoms with van der Waals surface area (Å²) in [5, 5.41) is 3.33. The van der Waals surface area contributed by atoms with Crippen molar-refractivity contribution in [1.82, 2.24) is 10.2 Å².